The van der Waals surface area contributed by atoms with Gasteiger partial charge in [0, 0.05) is 19.3 Å². The van der Waals surface area contributed by atoms with Crippen LogP contribution in [0.5, 0.6) is 0 Å². The van der Waals surface area contributed by atoms with Crippen molar-refractivity contribution in [3.63, 3.8) is 0 Å². The molecule has 0 amide bonds. The van der Waals surface area contributed by atoms with E-state index in [1.165, 1.54) is 225 Å². The maximum absolute atomic E-state index is 12.9. The van der Waals surface area contributed by atoms with Gasteiger partial charge in [-0.1, -0.05) is 305 Å². The van der Waals surface area contributed by atoms with E-state index in [2.05, 4.69) is 41.5 Å². The lowest BCUT2D eigenvalue weighted by Gasteiger charge is -2.18. The molecule has 2 atom stereocenters. The number of esters is 3. The monoisotopic (exact) mass is 961 g/mol. The minimum Gasteiger partial charge on any atom is -0.462 e. The van der Waals surface area contributed by atoms with Crippen LogP contribution in [0.25, 0.3) is 0 Å². The largest absolute Gasteiger partial charge is 0.462 e. The van der Waals surface area contributed by atoms with Crippen LogP contribution in [0.3, 0.4) is 0 Å². The third-order valence-corrected chi connectivity index (χ3v) is 14.5. The molecule has 0 bridgehead atoms. The van der Waals surface area contributed by atoms with Crippen LogP contribution in [0.15, 0.2) is 0 Å². The topological polar surface area (TPSA) is 78.9 Å². The summed E-state index contributed by atoms with van der Waals surface area (Å²) in [6.07, 6.45) is 56.7. The molecule has 0 aromatic heterocycles. The average molecular weight is 962 g/mol. The number of unbranched alkanes of at least 4 members (excludes halogenated alkanes) is 37. The maximum Gasteiger partial charge on any atom is 0.306 e. The van der Waals surface area contributed by atoms with Gasteiger partial charge in [0.15, 0.2) is 6.10 Å². The Morgan fingerprint density at radius 3 is 0.765 bits per heavy atom. The molecule has 0 aliphatic rings. The zero-order chi connectivity index (χ0) is 49.8. The second kappa shape index (κ2) is 53.2. The summed E-state index contributed by atoms with van der Waals surface area (Å²) in [5, 5.41) is 0. The Labute approximate surface area is 425 Å². The van der Waals surface area contributed by atoms with E-state index in [-0.39, 0.29) is 31.1 Å². The van der Waals surface area contributed by atoms with Crippen LogP contribution in [0.1, 0.15) is 343 Å². The molecule has 0 rings (SSSR count). The summed E-state index contributed by atoms with van der Waals surface area (Å²) in [5.41, 5.74) is 0. The highest BCUT2D eigenvalue weighted by molar-refractivity contribution is 5.71. The molecule has 0 aliphatic carbocycles. The molecule has 0 fully saturated rings. The molecule has 6 heteroatoms. The van der Waals surface area contributed by atoms with Crippen molar-refractivity contribution in [1.82, 2.24) is 0 Å². The quantitative estimate of drug-likeness (QED) is 0.0343. The van der Waals surface area contributed by atoms with Gasteiger partial charge < -0.3 is 14.2 Å². The van der Waals surface area contributed by atoms with Crippen LogP contribution in [0.4, 0.5) is 0 Å². The summed E-state index contributed by atoms with van der Waals surface area (Å²) >= 11 is 0. The second-order valence-electron chi connectivity index (χ2n) is 22.5. The third kappa shape index (κ3) is 53.8. The number of hydrogen-bond donors (Lipinski definition) is 0. The van der Waals surface area contributed by atoms with Crippen LogP contribution in [-0.2, 0) is 28.6 Å². The molecule has 6 nitrogen and oxygen atoms in total. The molecule has 68 heavy (non-hydrogen) atoms. The van der Waals surface area contributed by atoms with Gasteiger partial charge in [-0.15, -0.1) is 0 Å². The molecule has 0 saturated carbocycles. The van der Waals surface area contributed by atoms with Crippen molar-refractivity contribution in [2.24, 2.45) is 17.8 Å². The van der Waals surface area contributed by atoms with Crippen LogP contribution < -0.4 is 0 Å². The van der Waals surface area contributed by atoms with E-state index in [1.807, 2.05) is 0 Å². The van der Waals surface area contributed by atoms with Crippen molar-refractivity contribution < 1.29 is 28.6 Å². The highest BCUT2D eigenvalue weighted by Gasteiger charge is 2.19. The number of ether oxygens (including phenoxy) is 3. The Hall–Kier alpha value is -1.59. The van der Waals surface area contributed by atoms with E-state index in [1.54, 1.807) is 0 Å². The number of carbonyl (C=O) groups excluding carboxylic acids is 3. The minimum absolute atomic E-state index is 0.0633. The molecule has 0 aromatic rings. The van der Waals surface area contributed by atoms with E-state index in [4.69, 9.17) is 14.2 Å². The van der Waals surface area contributed by atoms with Gasteiger partial charge in [-0.3, -0.25) is 14.4 Å². The van der Waals surface area contributed by atoms with Gasteiger partial charge in [-0.05, 0) is 37.0 Å². The molecule has 0 aromatic carbocycles. The fourth-order valence-corrected chi connectivity index (χ4v) is 9.50. The van der Waals surface area contributed by atoms with Crippen molar-refractivity contribution in [3.05, 3.63) is 0 Å². The summed E-state index contributed by atoms with van der Waals surface area (Å²) in [7, 11) is 0. The molecule has 0 radical (unpaired) electrons. The van der Waals surface area contributed by atoms with Gasteiger partial charge in [-0.25, -0.2) is 0 Å². The van der Waals surface area contributed by atoms with E-state index in [0.29, 0.717) is 19.3 Å². The molecule has 1 unspecified atom stereocenters. The van der Waals surface area contributed by atoms with E-state index in [9.17, 15) is 14.4 Å². The van der Waals surface area contributed by atoms with Crippen molar-refractivity contribution in [2.45, 2.75) is 349 Å². The van der Waals surface area contributed by atoms with E-state index >= 15 is 0 Å². The zero-order valence-electron chi connectivity index (χ0n) is 46.9. The van der Waals surface area contributed by atoms with Crippen molar-refractivity contribution in [1.29, 1.82) is 0 Å². The number of rotatable bonds is 55. The van der Waals surface area contributed by atoms with Crippen LogP contribution in [0, 0.1) is 17.8 Å². The SMILES string of the molecule is CCC(C)CCCCCCCCCCC(=O)OC[C@H](COC(=O)CCCCCCCCCCCCCCCCCCC(C)C)OC(=O)CCCCCCCCCCCCCCCCCCC(C)C. The molecule has 0 aliphatic heterocycles. The summed E-state index contributed by atoms with van der Waals surface area (Å²) in [4.78, 5) is 38.2. The Bertz CT molecular complexity index is 1060. The second-order valence-corrected chi connectivity index (χ2v) is 22.5. The van der Waals surface area contributed by atoms with Gasteiger partial charge in [0.05, 0.1) is 0 Å². The molecule has 0 heterocycles. The highest BCUT2D eigenvalue weighted by atomic mass is 16.6. The van der Waals surface area contributed by atoms with Crippen LogP contribution >= 0.6 is 0 Å². The van der Waals surface area contributed by atoms with Crippen LogP contribution in [-0.4, -0.2) is 37.2 Å². The van der Waals surface area contributed by atoms with E-state index < -0.39 is 6.10 Å². The predicted octanol–water partition coefficient (Wildman–Crippen LogP) is 20.3. The van der Waals surface area contributed by atoms with Crippen molar-refractivity contribution in [2.75, 3.05) is 13.2 Å². The standard InChI is InChI=1S/C62H120O6/c1-7-58(6)50-44-38-32-28-29-34-40-46-52-61(64)67-55-59(68-62(65)53-47-41-35-27-23-19-15-11-9-13-17-21-25-31-37-43-49-57(4)5)54-66-60(63)51-45-39-33-26-22-18-14-10-8-12-16-20-24-30-36-42-48-56(2)3/h56-59H,7-55H2,1-6H3/t58?,59-/m0/s1. The lowest BCUT2D eigenvalue weighted by molar-refractivity contribution is -0.167. The molecule has 404 valence electrons. The first-order valence-corrected chi connectivity index (χ1v) is 30.6. The zero-order valence-corrected chi connectivity index (χ0v) is 46.9. The Morgan fingerprint density at radius 1 is 0.294 bits per heavy atom. The van der Waals surface area contributed by atoms with Gasteiger partial charge >= 0.3 is 17.9 Å². The average Bonchev–Trinajstić information content (AvgIpc) is 3.31. The Balaban J connectivity index is 4.26. The minimum atomic E-state index is -0.764. The fourth-order valence-electron chi connectivity index (χ4n) is 9.50. The Morgan fingerprint density at radius 2 is 0.515 bits per heavy atom. The molecule has 0 saturated heterocycles. The number of carbonyl (C=O) groups is 3. The van der Waals surface area contributed by atoms with Gasteiger partial charge in [0.25, 0.3) is 0 Å². The first-order chi connectivity index (χ1) is 33.1. The predicted molar refractivity (Wildman–Crippen MR) is 293 cm³/mol. The number of hydrogen-bond acceptors (Lipinski definition) is 6. The summed E-state index contributed by atoms with van der Waals surface area (Å²) < 4.78 is 16.9. The molecular weight excluding hydrogens is 841 g/mol. The summed E-state index contributed by atoms with van der Waals surface area (Å²) in [5.74, 6) is 1.71. The summed E-state index contributed by atoms with van der Waals surface area (Å²) in [6.45, 7) is 13.8. The van der Waals surface area contributed by atoms with Gasteiger partial charge in [0.2, 0.25) is 0 Å². The summed E-state index contributed by atoms with van der Waals surface area (Å²) in [6, 6.07) is 0. The van der Waals surface area contributed by atoms with Crippen molar-refractivity contribution >= 4 is 17.9 Å². The lowest BCUT2D eigenvalue weighted by atomic mass is 9.99. The van der Waals surface area contributed by atoms with Gasteiger partial charge in [-0.2, -0.15) is 0 Å². The molecular formula is C62H120O6. The lowest BCUT2D eigenvalue weighted by Crippen LogP contribution is -2.30. The van der Waals surface area contributed by atoms with Crippen molar-refractivity contribution in [3.8, 4) is 0 Å². The highest BCUT2D eigenvalue weighted by Crippen LogP contribution is 2.19. The first-order valence-electron chi connectivity index (χ1n) is 30.6. The third-order valence-electron chi connectivity index (χ3n) is 14.5. The van der Waals surface area contributed by atoms with Crippen LogP contribution in [0.2, 0.25) is 0 Å². The maximum atomic E-state index is 12.9. The Kier molecular flexibility index (Phi) is 52.0. The normalized spacial score (nSPS) is 12.5. The molecule has 0 N–H and O–H groups in total. The molecule has 0 spiro atoms. The first kappa shape index (κ1) is 66.4. The smallest absolute Gasteiger partial charge is 0.306 e. The van der Waals surface area contributed by atoms with E-state index in [0.717, 1.165) is 75.5 Å². The van der Waals surface area contributed by atoms with Gasteiger partial charge in [0.1, 0.15) is 13.2 Å². The fraction of sp³-hybridized carbons (Fsp3) is 0.952.